The van der Waals surface area contributed by atoms with Crippen LogP contribution in [0.5, 0.6) is 11.5 Å². The summed E-state index contributed by atoms with van der Waals surface area (Å²) in [5, 5.41) is 9.87. The topological polar surface area (TPSA) is 62.7 Å². The summed E-state index contributed by atoms with van der Waals surface area (Å²) in [5.74, 6) is 0.162. The SMILES string of the molecule is COc1ccc(C(=O)N(C)Cc2cccnc2)c(O)c1. The summed E-state index contributed by atoms with van der Waals surface area (Å²) < 4.78 is 4.99. The van der Waals surface area contributed by atoms with Crippen molar-refractivity contribution in [1.82, 2.24) is 9.88 Å². The first kappa shape index (κ1) is 13.9. The number of nitrogens with zero attached hydrogens (tertiary/aromatic N) is 2. The van der Waals surface area contributed by atoms with E-state index < -0.39 is 0 Å². The number of phenols is 1. The van der Waals surface area contributed by atoms with E-state index in [0.717, 1.165) is 5.56 Å². The second-order valence-corrected chi connectivity index (χ2v) is 4.41. The molecule has 2 rings (SSSR count). The fourth-order valence-electron chi connectivity index (χ4n) is 1.86. The third kappa shape index (κ3) is 3.06. The van der Waals surface area contributed by atoms with Crippen LogP contribution in [0.3, 0.4) is 0 Å². The number of rotatable bonds is 4. The van der Waals surface area contributed by atoms with Crippen LogP contribution in [-0.2, 0) is 6.54 Å². The highest BCUT2D eigenvalue weighted by molar-refractivity contribution is 5.96. The smallest absolute Gasteiger partial charge is 0.257 e. The fourth-order valence-corrected chi connectivity index (χ4v) is 1.86. The number of aromatic hydroxyl groups is 1. The average molecular weight is 272 g/mol. The Hall–Kier alpha value is -2.56. The Kier molecular flexibility index (Phi) is 4.20. The van der Waals surface area contributed by atoms with E-state index >= 15 is 0 Å². The monoisotopic (exact) mass is 272 g/mol. The molecule has 104 valence electrons. The lowest BCUT2D eigenvalue weighted by Gasteiger charge is -2.18. The van der Waals surface area contributed by atoms with E-state index in [2.05, 4.69) is 4.98 Å². The van der Waals surface area contributed by atoms with Gasteiger partial charge in [0, 0.05) is 32.1 Å². The minimum atomic E-state index is -0.256. The predicted octanol–water partition coefficient (Wildman–Crippen LogP) is 2.07. The molecule has 0 bridgehead atoms. The first-order valence-electron chi connectivity index (χ1n) is 6.13. The van der Waals surface area contributed by atoms with Crippen molar-refractivity contribution in [2.45, 2.75) is 6.54 Å². The largest absolute Gasteiger partial charge is 0.507 e. The lowest BCUT2D eigenvalue weighted by molar-refractivity contribution is 0.0782. The second kappa shape index (κ2) is 6.06. The molecule has 0 aliphatic rings. The minimum Gasteiger partial charge on any atom is -0.507 e. The summed E-state index contributed by atoms with van der Waals surface area (Å²) in [6.45, 7) is 0.429. The molecule has 0 radical (unpaired) electrons. The summed E-state index contributed by atoms with van der Waals surface area (Å²) in [6, 6.07) is 8.33. The maximum atomic E-state index is 12.3. The Morgan fingerprint density at radius 3 is 2.80 bits per heavy atom. The van der Waals surface area contributed by atoms with Crippen molar-refractivity contribution < 1.29 is 14.6 Å². The summed E-state index contributed by atoms with van der Waals surface area (Å²) in [7, 11) is 3.18. The quantitative estimate of drug-likeness (QED) is 0.925. The first-order chi connectivity index (χ1) is 9.61. The van der Waals surface area contributed by atoms with Gasteiger partial charge in [0.05, 0.1) is 12.7 Å². The van der Waals surface area contributed by atoms with Gasteiger partial charge in [0.2, 0.25) is 0 Å². The van der Waals surface area contributed by atoms with Crippen molar-refractivity contribution in [3.63, 3.8) is 0 Å². The Balaban J connectivity index is 2.14. The molecule has 20 heavy (non-hydrogen) atoms. The zero-order valence-electron chi connectivity index (χ0n) is 11.4. The highest BCUT2D eigenvalue weighted by atomic mass is 16.5. The normalized spacial score (nSPS) is 10.1. The van der Waals surface area contributed by atoms with Gasteiger partial charge in [-0.25, -0.2) is 0 Å². The van der Waals surface area contributed by atoms with Crippen molar-refractivity contribution in [2.75, 3.05) is 14.2 Å². The van der Waals surface area contributed by atoms with Crippen LogP contribution in [0.2, 0.25) is 0 Å². The number of aromatic nitrogens is 1. The lowest BCUT2D eigenvalue weighted by Crippen LogP contribution is -2.26. The zero-order valence-corrected chi connectivity index (χ0v) is 11.4. The van der Waals surface area contributed by atoms with Gasteiger partial charge in [-0.3, -0.25) is 9.78 Å². The molecule has 2 aromatic rings. The lowest BCUT2D eigenvalue weighted by atomic mass is 10.1. The van der Waals surface area contributed by atoms with Crippen molar-refractivity contribution >= 4 is 5.91 Å². The standard InChI is InChI=1S/C15H16N2O3/c1-17(10-11-4-3-7-16-9-11)15(19)13-6-5-12(20-2)8-14(13)18/h3-9,18H,10H2,1-2H3. The molecule has 1 aromatic heterocycles. The van der Waals surface area contributed by atoms with Crippen molar-refractivity contribution in [3.05, 3.63) is 53.9 Å². The maximum absolute atomic E-state index is 12.3. The van der Waals surface area contributed by atoms with E-state index in [1.807, 2.05) is 12.1 Å². The molecule has 5 heteroatoms. The van der Waals surface area contributed by atoms with Crippen LogP contribution in [0.4, 0.5) is 0 Å². The number of carbonyl (C=O) groups excluding carboxylic acids is 1. The van der Waals surface area contributed by atoms with E-state index in [9.17, 15) is 9.90 Å². The second-order valence-electron chi connectivity index (χ2n) is 4.41. The number of amides is 1. The average Bonchev–Trinajstić information content (AvgIpc) is 2.47. The highest BCUT2D eigenvalue weighted by Crippen LogP contribution is 2.24. The molecule has 0 aliphatic heterocycles. The van der Waals surface area contributed by atoms with E-state index in [4.69, 9.17) is 4.74 Å². The van der Waals surface area contributed by atoms with E-state index in [1.54, 1.807) is 31.6 Å². The fraction of sp³-hybridized carbons (Fsp3) is 0.200. The van der Waals surface area contributed by atoms with Crippen LogP contribution in [0.15, 0.2) is 42.7 Å². The molecular weight excluding hydrogens is 256 g/mol. The summed E-state index contributed by atoms with van der Waals surface area (Å²) in [4.78, 5) is 17.8. The highest BCUT2D eigenvalue weighted by Gasteiger charge is 2.16. The number of pyridine rings is 1. The number of methoxy groups -OCH3 is 1. The Morgan fingerprint density at radius 1 is 1.40 bits per heavy atom. The molecular formula is C15H16N2O3. The molecule has 5 nitrogen and oxygen atoms in total. The molecule has 1 aromatic carbocycles. The van der Waals surface area contributed by atoms with Crippen molar-refractivity contribution in [1.29, 1.82) is 0 Å². The molecule has 1 N–H and O–H groups in total. The zero-order chi connectivity index (χ0) is 14.5. The van der Waals surface area contributed by atoms with Gasteiger partial charge < -0.3 is 14.7 Å². The van der Waals surface area contributed by atoms with Crippen molar-refractivity contribution in [3.8, 4) is 11.5 Å². The molecule has 0 unspecified atom stereocenters. The predicted molar refractivity (Wildman–Crippen MR) is 74.7 cm³/mol. The van der Waals surface area contributed by atoms with E-state index in [-0.39, 0.29) is 17.2 Å². The van der Waals surface area contributed by atoms with Gasteiger partial charge in [0.25, 0.3) is 5.91 Å². The van der Waals surface area contributed by atoms with Crippen LogP contribution in [0.1, 0.15) is 15.9 Å². The van der Waals surface area contributed by atoms with Gasteiger partial charge >= 0.3 is 0 Å². The summed E-state index contributed by atoms with van der Waals surface area (Å²) in [6.07, 6.45) is 3.39. The minimum absolute atomic E-state index is 0.0904. The molecule has 0 fully saturated rings. The van der Waals surface area contributed by atoms with Crippen LogP contribution < -0.4 is 4.74 Å². The molecule has 1 amide bonds. The summed E-state index contributed by atoms with van der Waals surface area (Å²) in [5.41, 5.74) is 1.17. The number of benzene rings is 1. The first-order valence-corrected chi connectivity index (χ1v) is 6.13. The molecule has 0 aliphatic carbocycles. The van der Waals surface area contributed by atoms with Crippen molar-refractivity contribution in [2.24, 2.45) is 0 Å². The Labute approximate surface area is 117 Å². The van der Waals surface area contributed by atoms with E-state index in [1.165, 1.54) is 18.1 Å². The third-order valence-corrected chi connectivity index (χ3v) is 2.92. The van der Waals surface area contributed by atoms with Gasteiger partial charge in [-0.2, -0.15) is 0 Å². The number of phenolic OH excluding ortho intramolecular Hbond substituents is 1. The van der Waals surface area contributed by atoms with E-state index in [0.29, 0.717) is 12.3 Å². The Morgan fingerprint density at radius 2 is 2.20 bits per heavy atom. The molecule has 0 atom stereocenters. The van der Waals surface area contributed by atoms with Gasteiger partial charge in [0.1, 0.15) is 11.5 Å². The maximum Gasteiger partial charge on any atom is 0.257 e. The van der Waals surface area contributed by atoms with Gasteiger partial charge in [-0.15, -0.1) is 0 Å². The van der Waals surface area contributed by atoms with Crippen LogP contribution in [0.25, 0.3) is 0 Å². The third-order valence-electron chi connectivity index (χ3n) is 2.92. The number of hydrogen-bond donors (Lipinski definition) is 1. The van der Waals surface area contributed by atoms with Crippen LogP contribution in [0, 0.1) is 0 Å². The van der Waals surface area contributed by atoms with Gasteiger partial charge in [0.15, 0.2) is 0 Å². The van der Waals surface area contributed by atoms with Gasteiger partial charge in [-0.05, 0) is 23.8 Å². The number of hydrogen-bond acceptors (Lipinski definition) is 4. The summed E-state index contributed by atoms with van der Waals surface area (Å²) >= 11 is 0. The molecule has 0 spiro atoms. The molecule has 0 saturated carbocycles. The van der Waals surface area contributed by atoms with Gasteiger partial charge in [-0.1, -0.05) is 6.07 Å². The molecule has 1 heterocycles. The Bertz CT molecular complexity index is 599. The van der Waals surface area contributed by atoms with Crippen LogP contribution >= 0.6 is 0 Å². The number of ether oxygens (including phenoxy) is 1. The molecule has 0 saturated heterocycles. The van der Waals surface area contributed by atoms with Crippen LogP contribution in [-0.4, -0.2) is 35.1 Å². The number of carbonyl (C=O) groups is 1.